The predicted molar refractivity (Wildman–Crippen MR) is 69.3 cm³/mol. The maximum absolute atomic E-state index is 9.95. The van der Waals surface area contributed by atoms with Crippen LogP contribution in [0.3, 0.4) is 0 Å². The van der Waals surface area contributed by atoms with Crippen LogP contribution in [0.15, 0.2) is 18.2 Å². The van der Waals surface area contributed by atoms with Gasteiger partial charge in [-0.15, -0.1) is 0 Å². The maximum atomic E-state index is 9.95. The molecular formula is C15H22O2. The van der Waals surface area contributed by atoms with Gasteiger partial charge in [-0.05, 0) is 41.9 Å². The molecule has 1 aliphatic rings. The second kappa shape index (κ2) is 4.02. The molecule has 2 N–H and O–H groups in total. The average molecular weight is 234 g/mol. The van der Waals surface area contributed by atoms with Crippen molar-refractivity contribution in [3.63, 3.8) is 0 Å². The summed E-state index contributed by atoms with van der Waals surface area (Å²) < 4.78 is 0. The first kappa shape index (κ1) is 12.4. The van der Waals surface area contributed by atoms with Gasteiger partial charge < -0.3 is 10.2 Å². The van der Waals surface area contributed by atoms with Crippen molar-refractivity contribution in [2.75, 3.05) is 0 Å². The first-order chi connectivity index (χ1) is 7.86. The Hall–Kier alpha value is -1.02. The largest absolute Gasteiger partial charge is 0.508 e. The molecule has 17 heavy (non-hydrogen) atoms. The van der Waals surface area contributed by atoms with Gasteiger partial charge in [0.1, 0.15) is 5.75 Å². The van der Waals surface area contributed by atoms with E-state index >= 15 is 0 Å². The molecule has 0 aliphatic heterocycles. The van der Waals surface area contributed by atoms with Crippen LogP contribution in [0.2, 0.25) is 0 Å². The zero-order valence-electron chi connectivity index (χ0n) is 11.0. The van der Waals surface area contributed by atoms with Crippen molar-refractivity contribution in [3.05, 3.63) is 29.3 Å². The highest BCUT2D eigenvalue weighted by atomic mass is 16.3. The highest BCUT2D eigenvalue weighted by Gasteiger charge is 2.40. The van der Waals surface area contributed by atoms with E-state index in [0.717, 1.165) is 24.8 Å². The zero-order chi connectivity index (χ0) is 12.7. The molecule has 94 valence electrons. The highest BCUT2D eigenvalue weighted by Crippen LogP contribution is 2.41. The molecule has 1 aliphatic carbocycles. The van der Waals surface area contributed by atoms with Gasteiger partial charge in [0.15, 0.2) is 0 Å². The van der Waals surface area contributed by atoms with Crippen LogP contribution >= 0.6 is 0 Å². The van der Waals surface area contributed by atoms with Crippen LogP contribution in [0.4, 0.5) is 0 Å². The molecule has 2 heteroatoms. The number of rotatable bonds is 4. The SMILES string of the molecule is CCC(C)(C)c1ccc(O)c(CC2(O)CC2)c1. The van der Waals surface area contributed by atoms with Gasteiger partial charge in [0, 0.05) is 6.42 Å². The summed E-state index contributed by atoms with van der Waals surface area (Å²) >= 11 is 0. The van der Waals surface area contributed by atoms with Crippen LogP contribution in [-0.4, -0.2) is 15.8 Å². The molecule has 2 nitrogen and oxygen atoms in total. The quantitative estimate of drug-likeness (QED) is 0.840. The van der Waals surface area contributed by atoms with E-state index in [1.165, 1.54) is 5.56 Å². The smallest absolute Gasteiger partial charge is 0.118 e. The third kappa shape index (κ3) is 2.63. The summed E-state index contributed by atoms with van der Waals surface area (Å²) in [4.78, 5) is 0. The highest BCUT2D eigenvalue weighted by molar-refractivity contribution is 5.40. The summed E-state index contributed by atoms with van der Waals surface area (Å²) in [5.74, 6) is 0.306. The van der Waals surface area contributed by atoms with Crippen molar-refractivity contribution in [1.29, 1.82) is 0 Å². The average Bonchev–Trinajstić information content (AvgIpc) is 2.99. The van der Waals surface area contributed by atoms with Gasteiger partial charge in [-0.3, -0.25) is 0 Å². The second-order valence-corrected chi connectivity index (χ2v) is 5.98. The Morgan fingerprint density at radius 3 is 2.47 bits per heavy atom. The second-order valence-electron chi connectivity index (χ2n) is 5.98. The van der Waals surface area contributed by atoms with Crippen molar-refractivity contribution in [1.82, 2.24) is 0 Å². The number of hydrogen-bond donors (Lipinski definition) is 2. The van der Waals surface area contributed by atoms with Crippen LogP contribution in [0.25, 0.3) is 0 Å². The van der Waals surface area contributed by atoms with Crippen LogP contribution < -0.4 is 0 Å². The summed E-state index contributed by atoms with van der Waals surface area (Å²) in [6.45, 7) is 6.57. The summed E-state index contributed by atoms with van der Waals surface area (Å²) in [5, 5.41) is 19.8. The first-order valence-electron chi connectivity index (χ1n) is 6.41. The van der Waals surface area contributed by atoms with E-state index in [0.29, 0.717) is 12.2 Å². The predicted octanol–water partition coefficient (Wildman–Crippen LogP) is 3.15. The Bertz CT molecular complexity index is 417. The van der Waals surface area contributed by atoms with E-state index in [1.807, 2.05) is 6.07 Å². The van der Waals surface area contributed by atoms with Crippen molar-refractivity contribution in [3.8, 4) is 5.75 Å². The van der Waals surface area contributed by atoms with Crippen LogP contribution in [-0.2, 0) is 11.8 Å². The van der Waals surface area contributed by atoms with E-state index < -0.39 is 5.60 Å². The van der Waals surface area contributed by atoms with Crippen LogP contribution in [0, 0.1) is 0 Å². The summed E-state index contributed by atoms with van der Waals surface area (Å²) in [7, 11) is 0. The number of benzene rings is 1. The fourth-order valence-corrected chi connectivity index (χ4v) is 2.03. The van der Waals surface area contributed by atoms with Gasteiger partial charge in [-0.1, -0.05) is 32.9 Å². The maximum Gasteiger partial charge on any atom is 0.118 e. The molecule has 0 spiro atoms. The van der Waals surface area contributed by atoms with Gasteiger partial charge in [0.2, 0.25) is 0 Å². The molecule has 1 aromatic rings. The Morgan fingerprint density at radius 2 is 1.94 bits per heavy atom. The van der Waals surface area contributed by atoms with Crippen molar-refractivity contribution < 1.29 is 10.2 Å². The monoisotopic (exact) mass is 234 g/mol. The van der Waals surface area contributed by atoms with E-state index in [1.54, 1.807) is 6.07 Å². The number of phenols is 1. The van der Waals surface area contributed by atoms with Crippen molar-refractivity contribution in [2.24, 2.45) is 0 Å². The normalized spacial score (nSPS) is 18.1. The lowest BCUT2D eigenvalue weighted by Crippen LogP contribution is -2.17. The number of aromatic hydroxyl groups is 1. The molecule has 2 rings (SSSR count). The molecular weight excluding hydrogens is 212 g/mol. The minimum atomic E-state index is -0.549. The molecule has 0 unspecified atom stereocenters. The molecule has 0 bridgehead atoms. The minimum Gasteiger partial charge on any atom is -0.508 e. The van der Waals surface area contributed by atoms with Gasteiger partial charge in [0.05, 0.1) is 5.60 Å². The molecule has 1 aromatic carbocycles. The fraction of sp³-hybridized carbons (Fsp3) is 0.600. The van der Waals surface area contributed by atoms with Crippen LogP contribution in [0.1, 0.15) is 51.2 Å². The number of hydrogen-bond acceptors (Lipinski definition) is 2. The zero-order valence-corrected chi connectivity index (χ0v) is 11.0. The van der Waals surface area contributed by atoms with E-state index in [-0.39, 0.29) is 5.41 Å². The molecule has 0 heterocycles. The summed E-state index contributed by atoms with van der Waals surface area (Å²) in [5.41, 5.74) is 1.68. The third-order valence-corrected chi connectivity index (χ3v) is 4.09. The van der Waals surface area contributed by atoms with E-state index in [4.69, 9.17) is 0 Å². The lowest BCUT2D eigenvalue weighted by Gasteiger charge is -2.24. The topological polar surface area (TPSA) is 40.5 Å². The van der Waals surface area contributed by atoms with E-state index in [9.17, 15) is 10.2 Å². The third-order valence-electron chi connectivity index (χ3n) is 4.09. The van der Waals surface area contributed by atoms with Crippen molar-refractivity contribution in [2.45, 2.75) is 57.5 Å². The van der Waals surface area contributed by atoms with Gasteiger partial charge in [-0.25, -0.2) is 0 Å². The Balaban J connectivity index is 2.29. The Kier molecular flexibility index (Phi) is 2.94. The van der Waals surface area contributed by atoms with Crippen LogP contribution in [0.5, 0.6) is 5.75 Å². The van der Waals surface area contributed by atoms with Gasteiger partial charge >= 0.3 is 0 Å². The summed E-state index contributed by atoms with van der Waals surface area (Å²) in [6, 6.07) is 5.79. The van der Waals surface area contributed by atoms with E-state index in [2.05, 4.69) is 26.8 Å². The summed E-state index contributed by atoms with van der Waals surface area (Å²) in [6.07, 6.45) is 3.34. The molecule has 0 radical (unpaired) electrons. The Labute approximate surface area is 103 Å². The number of aliphatic hydroxyl groups is 1. The molecule has 0 atom stereocenters. The lowest BCUT2D eigenvalue weighted by molar-refractivity contribution is 0.150. The number of phenolic OH excluding ortho intramolecular Hbond substituents is 1. The Morgan fingerprint density at radius 1 is 1.29 bits per heavy atom. The standard InChI is InChI=1S/C15H22O2/c1-4-14(2,3)12-5-6-13(16)11(9-12)10-15(17)7-8-15/h5-6,9,16-17H,4,7-8,10H2,1-3H3. The molecule has 1 saturated carbocycles. The molecule has 0 aromatic heterocycles. The van der Waals surface area contributed by atoms with Gasteiger partial charge in [0.25, 0.3) is 0 Å². The molecule has 0 saturated heterocycles. The lowest BCUT2D eigenvalue weighted by atomic mass is 9.81. The first-order valence-corrected chi connectivity index (χ1v) is 6.41. The fourth-order valence-electron chi connectivity index (χ4n) is 2.03. The molecule has 0 amide bonds. The van der Waals surface area contributed by atoms with Gasteiger partial charge in [-0.2, -0.15) is 0 Å². The molecule has 1 fully saturated rings. The minimum absolute atomic E-state index is 0.120. The van der Waals surface area contributed by atoms with Crippen molar-refractivity contribution >= 4 is 0 Å².